The standard InChI is InChI=1S/C24H27FN4O/c1-3-19-8-10-20(11-9-19)18(2)27-24(30)21(16-26)17-28-12-14-29(15-13-28)23-7-5-4-6-22(23)25/h4-11,17-18H,3,12-15H2,1-2H3,(H,27,30)/b21-17-. The summed E-state index contributed by atoms with van der Waals surface area (Å²) in [4.78, 5) is 16.5. The molecule has 0 aliphatic carbocycles. The van der Waals surface area contributed by atoms with Crippen molar-refractivity contribution in [2.45, 2.75) is 26.3 Å². The van der Waals surface area contributed by atoms with Crippen LogP contribution in [0.3, 0.4) is 0 Å². The van der Waals surface area contributed by atoms with Gasteiger partial charge in [0.15, 0.2) is 0 Å². The van der Waals surface area contributed by atoms with E-state index in [1.54, 1.807) is 18.3 Å². The quantitative estimate of drug-likeness (QED) is 0.586. The van der Waals surface area contributed by atoms with Crippen molar-refractivity contribution in [2.75, 3.05) is 31.1 Å². The van der Waals surface area contributed by atoms with Crippen LogP contribution in [0.1, 0.15) is 31.0 Å². The van der Waals surface area contributed by atoms with Crippen LogP contribution in [0, 0.1) is 17.1 Å². The van der Waals surface area contributed by atoms with Gasteiger partial charge in [0.05, 0.1) is 11.7 Å². The Morgan fingerprint density at radius 3 is 2.43 bits per heavy atom. The first-order valence-corrected chi connectivity index (χ1v) is 10.3. The minimum absolute atomic E-state index is 0.0753. The highest BCUT2D eigenvalue weighted by atomic mass is 19.1. The lowest BCUT2D eigenvalue weighted by atomic mass is 10.0. The molecule has 1 aliphatic heterocycles. The zero-order chi connectivity index (χ0) is 21.5. The van der Waals surface area contributed by atoms with Gasteiger partial charge in [-0.25, -0.2) is 4.39 Å². The number of hydrogen-bond acceptors (Lipinski definition) is 4. The summed E-state index contributed by atoms with van der Waals surface area (Å²) in [6.07, 6.45) is 2.58. The predicted molar refractivity (Wildman–Crippen MR) is 116 cm³/mol. The number of carbonyl (C=O) groups excluding carboxylic acids is 1. The number of anilines is 1. The second-order valence-corrected chi connectivity index (χ2v) is 7.42. The summed E-state index contributed by atoms with van der Waals surface area (Å²) in [5.74, 6) is -0.624. The van der Waals surface area contributed by atoms with Gasteiger partial charge >= 0.3 is 0 Å². The van der Waals surface area contributed by atoms with Gasteiger partial charge in [-0.1, -0.05) is 43.3 Å². The summed E-state index contributed by atoms with van der Waals surface area (Å²) >= 11 is 0. The third-order valence-corrected chi connectivity index (χ3v) is 5.42. The van der Waals surface area contributed by atoms with E-state index in [-0.39, 0.29) is 23.3 Å². The maximum atomic E-state index is 14.0. The van der Waals surface area contributed by atoms with Crippen molar-refractivity contribution in [2.24, 2.45) is 0 Å². The van der Waals surface area contributed by atoms with Crippen molar-refractivity contribution < 1.29 is 9.18 Å². The second-order valence-electron chi connectivity index (χ2n) is 7.42. The smallest absolute Gasteiger partial charge is 0.263 e. The molecular formula is C24H27FN4O. The van der Waals surface area contributed by atoms with Crippen molar-refractivity contribution in [1.29, 1.82) is 5.26 Å². The van der Waals surface area contributed by atoms with Gasteiger partial charge in [-0.05, 0) is 36.6 Å². The Bertz CT molecular complexity index is 940. The van der Waals surface area contributed by atoms with Gasteiger partial charge in [0.25, 0.3) is 5.91 Å². The first-order valence-electron chi connectivity index (χ1n) is 10.3. The normalized spacial score (nSPS) is 15.5. The molecule has 1 heterocycles. The third-order valence-electron chi connectivity index (χ3n) is 5.42. The summed E-state index contributed by atoms with van der Waals surface area (Å²) < 4.78 is 14.0. The lowest BCUT2D eigenvalue weighted by Crippen LogP contribution is -2.44. The van der Waals surface area contributed by atoms with Crippen LogP contribution in [0.2, 0.25) is 0 Å². The van der Waals surface area contributed by atoms with Crippen molar-refractivity contribution in [1.82, 2.24) is 10.2 Å². The van der Waals surface area contributed by atoms with Crippen LogP contribution in [0.25, 0.3) is 0 Å². The molecule has 0 saturated carbocycles. The molecule has 2 aromatic rings. The van der Waals surface area contributed by atoms with Crippen LogP contribution >= 0.6 is 0 Å². The van der Waals surface area contributed by atoms with E-state index in [0.717, 1.165) is 12.0 Å². The van der Waals surface area contributed by atoms with E-state index in [1.165, 1.54) is 11.6 Å². The number of nitrogens with zero attached hydrogens (tertiary/aromatic N) is 3. The van der Waals surface area contributed by atoms with E-state index in [9.17, 15) is 14.4 Å². The summed E-state index contributed by atoms with van der Waals surface area (Å²) in [6.45, 7) is 6.47. The van der Waals surface area contributed by atoms with Gasteiger partial charge < -0.3 is 15.1 Å². The Labute approximate surface area is 177 Å². The van der Waals surface area contributed by atoms with Gasteiger partial charge in [-0.15, -0.1) is 0 Å². The SMILES string of the molecule is CCc1ccc(C(C)NC(=O)/C(C#N)=C\N2CCN(c3ccccc3F)CC2)cc1. The Morgan fingerprint density at radius 2 is 1.83 bits per heavy atom. The highest BCUT2D eigenvalue weighted by molar-refractivity contribution is 5.97. The van der Waals surface area contributed by atoms with Gasteiger partial charge in [-0.3, -0.25) is 4.79 Å². The fourth-order valence-corrected chi connectivity index (χ4v) is 3.52. The average Bonchev–Trinajstić information content (AvgIpc) is 2.78. The van der Waals surface area contributed by atoms with Gasteiger partial charge in [0.1, 0.15) is 17.5 Å². The number of piperazine rings is 1. The van der Waals surface area contributed by atoms with E-state index >= 15 is 0 Å². The molecule has 0 spiro atoms. The van der Waals surface area contributed by atoms with Gasteiger partial charge in [0.2, 0.25) is 0 Å². The number of carbonyl (C=O) groups is 1. The topological polar surface area (TPSA) is 59.4 Å². The molecule has 1 N–H and O–H groups in total. The average molecular weight is 407 g/mol. The fraction of sp³-hybridized carbons (Fsp3) is 0.333. The Hall–Kier alpha value is -3.33. The molecule has 1 atom stereocenters. The molecule has 1 saturated heterocycles. The second kappa shape index (κ2) is 9.93. The molecule has 0 bridgehead atoms. The number of amides is 1. The summed E-state index contributed by atoms with van der Waals surface area (Å²) in [7, 11) is 0. The highest BCUT2D eigenvalue weighted by Gasteiger charge is 2.20. The van der Waals surface area contributed by atoms with Crippen LogP contribution in [-0.2, 0) is 11.2 Å². The minimum atomic E-state index is -0.388. The maximum Gasteiger partial charge on any atom is 0.263 e. The number of nitriles is 1. The van der Waals surface area contributed by atoms with E-state index in [2.05, 4.69) is 12.2 Å². The lowest BCUT2D eigenvalue weighted by molar-refractivity contribution is -0.117. The molecule has 3 rings (SSSR count). The number of aryl methyl sites for hydroxylation is 1. The molecular weight excluding hydrogens is 379 g/mol. The zero-order valence-corrected chi connectivity index (χ0v) is 17.4. The summed E-state index contributed by atoms with van der Waals surface area (Å²) in [5.41, 5.74) is 2.90. The molecule has 1 amide bonds. The van der Waals surface area contributed by atoms with E-state index in [0.29, 0.717) is 31.9 Å². The molecule has 1 unspecified atom stereocenters. The van der Waals surface area contributed by atoms with E-state index < -0.39 is 0 Å². The van der Waals surface area contributed by atoms with Crippen molar-refractivity contribution in [3.05, 3.63) is 77.2 Å². The summed E-state index contributed by atoms with van der Waals surface area (Å²) in [6, 6.07) is 16.6. The Balaban J connectivity index is 1.59. The number of hydrogen-bond donors (Lipinski definition) is 1. The minimum Gasteiger partial charge on any atom is -0.373 e. The molecule has 1 aliphatic rings. The van der Waals surface area contributed by atoms with Crippen LogP contribution in [0.4, 0.5) is 10.1 Å². The monoisotopic (exact) mass is 406 g/mol. The van der Waals surface area contributed by atoms with E-state index in [1.807, 2.05) is 53.1 Å². The van der Waals surface area contributed by atoms with Crippen LogP contribution in [0.5, 0.6) is 0 Å². The van der Waals surface area contributed by atoms with Crippen LogP contribution in [0.15, 0.2) is 60.3 Å². The number of benzene rings is 2. The first kappa shape index (κ1) is 21.4. The fourth-order valence-electron chi connectivity index (χ4n) is 3.52. The lowest BCUT2D eigenvalue weighted by Gasteiger charge is -2.35. The zero-order valence-electron chi connectivity index (χ0n) is 17.4. The van der Waals surface area contributed by atoms with Gasteiger partial charge in [0, 0.05) is 32.4 Å². The predicted octanol–water partition coefficient (Wildman–Crippen LogP) is 3.79. The molecule has 6 heteroatoms. The molecule has 0 aromatic heterocycles. The number of nitrogens with one attached hydrogen (secondary N) is 1. The van der Waals surface area contributed by atoms with E-state index in [4.69, 9.17) is 0 Å². The molecule has 1 fully saturated rings. The number of rotatable bonds is 6. The first-order chi connectivity index (χ1) is 14.5. The molecule has 0 radical (unpaired) electrons. The van der Waals surface area contributed by atoms with Crippen molar-refractivity contribution in [3.8, 4) is 6.07 Å². The molecule has 30 heavy (non-hydrogen) atoms. The Kier molecular flexibility index (Phi) is 7.08. The van der Waals surface area contributed by atoms with Gasteiger partial charge in [-0.2, -0.15) is 5.26 Å². The molecule has 5 nitrogen and oxygen atoms in total. The van der Waals surface area contributed by atoms with Crippen molar-refractivity contribution >= 4 is 11.6 Å². The number of halogens is 1. The third kappa shape index (κ3) is 5.18. The highest BCUT2D eigenvalue weighted by Crippen LogP contribution is 2.20. The molecule has 156 valence electrons. The van der Waals surface area contributed by atoms with Crippen LogP contribution < -0.4 is 10.2 Å². The Morgan fingerprint density at radius 1 is 1.17 bits per heavy atom. The number of para-hydroxylation sites is 1. The summed E-state index contributed by atoms with van der Waals surface area (Å²) in [5, 5.41) is 12.4. The largest absolute Gasteiger partial charge is 0.373 e. The maximum absolute atomic E-state index is 14.0. The molecule has 2 aromatic carbocycles. The van der Waals surface area contributed by atoms with Crippen molar-refractivity contribution in [3.63, 3.8) is 0 Å². The van der Waals surface area contributed by atoms with Crippen LogP contribution in [-0.4, -0.2) is 37.0 Å².